The van der Waals surface area contributed by atoms with E-state index in [0.717, 1.165) is 29.9 Å². The zero-order valence-electron chi connectivity index (χ0n) is 18.9. The molecule has 1 aliphatic heterocycles. The van der Waals surface area contributed by atoms with E-state index in [9.17, 15) is 4.79 Å². The lowest BCUT2D eigenvalue weighted by molar-refractivity contribution is 0.208. The molecular weight excluding hydrogens is 414 g/mol. The number of hydrogen-bond donors (Lipinski definition) is 1. The van der Waals surface area contributed by atoms with Crippen LogP contribution in [-0.4, -0.2) is 42.2 Å². The summed E-state index contributed by atoms with van der Waals surface area (Å²) in [6.45, 7) is 4.42. The van der Waals surface area contributed by atoms with Crippen LogP contribution >= 0.6 is 0 Å². The predicted molar refractivity (Wildman–Crippen MR) is 131 cm³/mol. The Morgan fingerprint density at radius 3 is 2.42 bits per heavy atom. The Balaban J connectivity index is 1.24. The smallest absolute Gasteiger partial charge is 0.321 e. The molecule has 4 rings (SSSR count). The summed E-state index contributed by atoms with van der Waals surface area (Å²) in [5.41, 5.74) is 4.33. The van der Waals surface area contributed by atoms with E-state index < -0.39 is 0 Å². The highest BCUT2D eigenvalue weighted by molar-refractivity contribution is 5.89. The normalized spacial score (nSPS) is 13.4. The van der Waals surface area contributed by atoms with Gasteiger partial charge >= 0.3 is 6.03 Å². The molecule has 1 fully saturated rings. The SMILES string of the molecule is Cc1cccc(OCCOc2cccc(C=C3CCN(C(=O)Nc4cccnc4)CC3)c2)c1. The third-order valence-corrected chi connectivity index (χ3v) is 5.44. The van der Waals surface area contributed by atoms with Crippen molar-refractivity contribution in [2.24, 2.45) is 0 Å². The fourth-order valence-electron chi connectivity index (χ4n) is 3.73. The number of piperidine rings is 1. The number of amides is 2. The highest BCUT2D eigenvalue weighted by Gasteiger charge is 2.19. The first-order valence-electron chi connectivity index (χ1n) is 11.2. The molecule has 6 nitrogen and oxygen atoms in total. The first-order chi connectivity index (χ1) is 16.2. The van der Waals surface area contributed by atoms with Gasteiger partial charge in [-0.2, -0.15) is 0 Å². The number of likely N-dealkylation sites (tertiary alicyclic amines) is 1. The van der Waals surface area contributed by atoms with Crippen molar-refractivity contribution >= 4 is 17.8 Å². The molecule has 0 aliphatic carbocycles. The number of carbonyl (C=O) groups excluding carboxylic acids is 1. The van der Waals surface area contributed by atoms with E-state index in [0.29, 0.717) is 32.0 Å². The maximum atomic E-state index is 12.5. The van der Waals surface area contributed by atoms with Crippen LogP contribution in [0.15, 0.2) is 78.6 Å². The number of nitrogens with one attached hydrogen (secondary N) is 1. The van der Waals surface area contributed by atoms with Crippen LogP contribution < -0.4 is 14.8 Å². The van der Waals surface area contributed by atoms with E-state index >= 15 is 0 Å². The minimum atomic E-state index is -0.0784. The van der Waals surface area contributed by atoms with Gasteiger partial charge in [0.1, 0.15) is 24.7 Å². The molecule has 0 atom stereocenters. The first-order valence-corrected chi connectivity index (χ1v) is 11.2. The topological polar surface area (TPSA) is 63.7 Å². The van der Waals surface area contributed by atoms with Gasteiger partial charge in [-0.15, -0.1) is 0 Å². The zero-order chi connectivity index (χ0) is 22.9. The second-order valence-electron chi connectivity index (χ2n) is 8.05. The molecule has 1 aromatic heterocycles. The fourth-order valence-corrected chi connectivity index (χ4v) is 3.73. The third kappa shape index (κ3) is 6.84. The maximum absolute atomic E-state index is 12.5. The van der Waals surface area contributed by atoms with Gasteiger partial charge in [-0.1, -0.05) is 35.9 Å². The Kier molecular flexibility index (Phi) is 7.59. The number of pyridine rings is 1. The molecule has 1 N–H and O–H groups in total. The second kappa shape index (κ2) is 11.2. The number of aromatic nitrogens is 1. The highest BCUT2D eigenvalue weighted by Crippen LogP contribution is 2.22. The molecule has 1 aliphatic rings. The lowest BCUT2D eigenvalue weighted by Crippen LogP contribution is -2.39. The van der Waals surface area contributed by atoms with Gasteiger partial charge in [-0.3, -0.25) is 4.98 Å². The summed E-state index contributed by atoms with van der Waals surface area (Å²) in [4.78, 5) is 18.3. The van der Waals surface area contributed by atoms with E-state index in [1.54, 1.807) is 12.4 Å². The van der Waals surface area contributed by atoms with Gasteiger partial charge in [0.15, 0.2) is 0 Å². The molecular formula is C27H29N3O3. The van der Waals surface area contributed by atoms with Gasteiger partial charge < -0.3 is 19.7 Å². The number of nitrogens with zero attached hydrogens (tertiary/aromatic N) is 2. The Bertz CT molecular complexity index is 1090. The number of aryl methyl sites for hydroxylation is 1. The third-order valence-electron chi connectivity index (χ3n) is 5.44. The lowest BCUT2D eigenvalue weighted by atomic mass is 10.0. The van der Waals surface area contributed by atoms with E-state index in [2.05, 4.69) is 22.4 Å². The Morgan fingerprint density at radius 1 is 1.00 bits per heavy atom. The molecule has 0 unspecified atom stereocenters. The molecule has 33 heavy (non-hydrogen) atoms. The standard InChI is InChI=1S/C27H29N3O3/c1-21-5-2-8-25(17-21)32-15-16-33-26-9-3-6-23(19-26)18-22-10-13-30(14-11-22)27(31)29-24-7-4-12-28-20-24/h2-9,12,17-20H,10-11,13-16H2,1H3,(H,29,31). The molecule has 2 aromatic carbocycles. The molecule has 1 saturated heterocycles. The number of urea groups is 1. The molecule has 0 bridgehead atoms. The van der Waals surface area contributed by atoms with E-state index in [1.807, 2.05) is 66.4 Å². The summed E-state index contributed by atoms with van der Waals surface area (Å²) in [5, 5.41) is 2.90. The molecule has 0 spiro atoms. The number of benzene rings is 2. The van der Waals surface area contributed by atoms with E-state index in [1.165, 1.54) is 11.1 Å². The zero-order valence-corrected chi connectivity index (χ0v) is 18.9. The monoisotopic (exact) mass is 443 g/mol. The van der Waals surface area contributed by atoms with Crippen LogP contribution in [0, 0.1) is 6.92 Å². The van der Waals surface area contributed by atoms with Crippen molar-refractivity contribution < 1.29 is 14.3 Å². The first kappa shape index (κ1) is 22.4. The maximum Gasteiger partial charge on any atom is 0.321 e. The summed E-state index contributed by atoms with van der Waals surface area (Å²) >= 11 is 0. The Morgan fingerprint density at radius 2 is 1.73 bits per heavy atom. The summed E-state index contributed by atoms with van der Waals surface area (Å²) in [6.07, 6.45) is 7.25. The minimum absolute atomic E-state index is 0.0784. The Labute approximate surface area is 194 Å². The number of hydrogen-bond acceptors (Lipinski definition) is 4. The van der Waals surface area contributed by atoms with Crippen LogP contribution in [0.4, 0.5) is 10.5 Å². The van der Waals surface area contributed by atoms with Gasteiger partial charge in [0, 0.05) is 19.3 Å². The molecule has 170 valence electrons. The fraction of sp³-hybridized carbons (Fsp3) is 0.259. The van der Waals surface area contributed by atoms with Crippen molar-refractivity contribution in [2.75, 3.05) is 31.6 Å². The molecule has 2 heterocycles. The minimum Gasteiger partial charge on any atom is -0.490 e. The summed E-state index contributed by atoms with van der Waals surface area (Å²) < 4.78 is 11.6. The summed E-state index contributed by atoms with van der Waals surface area (Å²) in [5.74, 6) is 1.68. The molecule has 0 saturated carbocycles. The quantitative estimate of drug-likeness (QED) is 0.486. The predicted octanol–water partition coefficient (Wildman–Crippen LogP) is 5.56. The molecule has 2 amide bonds. The summed E-state index contributed by atoms with van der Waals surface area (Å²) in [6, 6.07) is 19.6. The van der Waals surface area contributed by atoms with Crippen LogP contribution in [-0.2, 0) is 0 Å². The van der Waals surface area contributed by atoms with Crippen LogP contribution in [0.3, 0.4) is 0 Å². The van der Waals surface area contributed by atoms with Crippen LogP contribution in [0.5, 0.6) is 11.5 Å². The van der Waals surface area contributed by atoms with Crippen molar-refractivity contribution in [2.45, 2.75) is 19.8 Å². The van der Waals surface area contributed by atoms with Crippen molar-refractivity contribution in [3.63, 3.8) is 0 Å². The van der Waals surface area contributed by atoms with Crippen molar-refractivity contribution in [3.05, 3.63) is 89.8 Å². The summed E-state index contributed by atoms with van der Waals surface area (Å²) in [7, 11) is 0. The second-order valence-corrected chi connectivity index (χ2v) is 8.05. The van der Waals surface area contributed by atoms with E-state index in [-0.39, 0.29) is 6.03 Å². The molecule has 0 radical (unpaired) electrons. The van der Waals surface area contributed by atoms with Gasteiger partial charge in [0.2, 0.25) is 0 Å². The van der Waals surface area contributed by atoms with Gasteiger partial charge in [0.05, 0.1) is 11.9 Å². The number of ether oxygens (including phenoxy) is 2. The van der Waals surface area contributed by atoms with Crippen molar-refractivity contribution in [1.29, 1.82) is 0 Å². The number of carbonyl (C=O) groups is 1. The van der Waals surface area contributed by atoms with Crippen LogP contribution in [0.25, 0.3) is 6.08 Å². The number of rotatable bonds is 7. The van der Waals surface area contributed by atoms with Gasteiger partial charge in [0.25, 0.3) is 0 Å². The van der Waals surface area contributed by atoms with Crippen molar-refractivity contribution in [1.82, 2.24) is 9.88 Å². The van der Waals surface area contributed by atoms with E-state index in [4.69, 9.17) is 9.47 Å². The van der Waals surface area contributed by atoms with Crippen LogP contribution in [0.1, 0.15) is 24.0 Å². The highest BCUT2D eigenvalue weighted by atomic mass is 16.5. The lowest BCUT2D eigenvalue weighted by Gasteiger charge is -2.28. The average Bonchev–Trinajstić information content (AvgIpc) is 2.83. The van der Waals surface area contributed by atoms with Gasteiger partial charge in [-0.05, 0) is 67.3 Å². The molecule has 6 heteroatoms. The van der Waals surface area contributed by atoms with Gasteiger partial charge in [-0.25, -0.2) is 4.79 Å². The Hall–Kier alpha value is -3.80. The van der Waals surface area contributed by atoms with Crippen LogP contribution in [0.2, 0.25) is 0 Å². The average molecular weight is 444 g/mol. The number of anilines is 1. The largest absolute Gasteiger partial charge is 0.490 e. The van der Waals surface area contributed by atoms with Crippen molar-refractivity contribution in [3.8, 4) is 11.5 Å². The molecule has 3 aromatic rings.